The second kappa shape index (κ2) is 3.68. The molecule has 3 heteroatoms. The van der Waals surface area contributed by atoms with Gasteiger partial charge < -0.3 is 10.8 Å². The second-order valence-corrected chi connectivity index (χ2v) is 4.67. The summed E-state index contributed by atoms with van der Waals surface area (Å²) in [6.07, 6.45) is 0. The van der Waals surface area contributed by atoms with Crippen molar-refractivity contribution in [2.75, 3.05) is 6.54 Å². The quantitative estimate of drug-likeness (QED) is 0.839. The fraction of sp³-hybridized carbons (Fsp3) is 0.400. The lowest BCUT2D eigenvalue weighted by Crippen LogP contribution is -2.28. The molecule has 0 aliphatic carbocycles. The largest absolute Gasteiger partial charge is 0.508 e. The van der Waals surface area contributed by atoms with E-state index < -0.39 is 0 Å². The first-order chi connectivity index (χ1) is 5.97. The van der Waals surface area contributed by atoms with Gasteiger partial charge >= 0.3 is 0 Å². The van der Waals surface area contributed by atoms with Crippen molar-refractivity contribution in [1.29, 1.82) is 0 Å². The number of aromatic hydroxyl groups is 1. The first kappa shape index (κ1) is 10.5. The molecule has 1 aromatic rings. The maximum Gasteiger partial charge on any atom is 0.120 e. The Kier molecular flexibility index (Phi) is 2.98. The van der Waals surface area contributed by atoms with Gasteiger partial charge in [0.05, 0.1) is 0 Å². The fourth-order valence-electron chi connectivity index (χ4n) is 1.19. The lowest BCUT2D eigenvalue weighted by atomic mass is 9.84. The molecule has 0 spiro atoms. The molecule has 13 heavy (non-hydrogen) atoms. The molecular formula is C10H14BrNO. The van der Waals surface area contributed by atoms with E-state index in [0.29, 0.717) is 12.3 Å². The number of phenols is 1. The third-order valence-electron chi connectivity index (χ3n) is 2.20. The number of halogens is 1. The molecule has 72 valence electrons. The molecule has 0 fully saturated rings. The molecule has 1 rings (SSSR count). The van der Waals surface area contributed by atoms with Crippen LogP contribution in [-0.2, 0) is 5.41 Å². The van der Waals surface area contributed by atoms with E-state index in [0.717, 1.165) is 10.0 Å². The number of hydrogen-bond donors (Lipinski definition) is 2. The van der Waals surface area contributed by atoms with Gasteiger partial charge in [-0.25, -0.2) is 0 Å². The van der Waals surface area contributed by atoms with Gasteiger partial charge in [-0.3, -0.25) is 0 Å². The van der Waals surface area contributed by atoms with Crippen molar-refractivity contribution in [2.24, 2.45) is 5.73 Å². The second-order valence-electron chi connectivity index (χ2n) is 3.75. The van der Waals surface area contributed by atoms with Gasteiger partial charge in [0, 0.05) is 22.0 Å². The monoisotopic (exact) mass is 243 g/mol. The predicted octanol–water partition coefficient (Wildman–Crippen LogP) is 2.39. The maximum absolute atomic E-state index is 9.67. The molecule has 0 atom stereocenters. The molecule has 0 amide bonds. The van der Waals surface area contributed by atoms with Crippen LogP contribution in [0, 0.1) is 0 Å². The Hall–Kier alpha value is -0.540. The highest BCUT2D eigenvalue weighted by molar-refractivity contribution is 9.10. The molecule has 2 nitrogen and oxygen atoms in total. The fourth-order valence-corrected chi connectivity index (χ4v) is 1.54. The summed E-state index contributed by atoms with van der Waals surface area (Å²) in [4.78, 5) is 0. The van der Waals surface area contributed by atoms with Crippen LogP contribution >= 0.6 is 15.9 Å². The van der Waals surface area contributed by atoms with E-state index in [4.69, 9.17) is 5.73 Å². The topological polar surface area (TPSA) is 46.2 Å². The molecule has 1 aromatic carbocycles. The first-order valence-corrected chi connectivity index (χ1v) is 4.96. The molecule has 0 saturated heterocycles. The Morgan fingerprint density at radius 2 is 2.08 bits per heavy atom. The Bertz CT molecular complexity index is 310. The zero-order chi connectivity index (χ0) is 10.1. The lowest BCUT2D eigenvalue weighted by Gasteiger charge is -2.23. The highest BCUT2D eigenvalue weighted by atomic mass is 79.9. The van der Waals surface area contributed by atoms with Gasteiger partial charge in [0.2, 0.25) is 0 Å². The van der Waals surface area contributed by atoms with Gasteiger partial charge in [-0.05, 0) is 12.1 Å². The summed E-state index contributed by atoms with van der Waals surface area (Å²) in [5.41, 5.74) is 6.33. The number of benzene rings is 1. The SMILES string of the molecule is CC(C)(CN)c1ccc(Br)cc1O. The summed E-state index contributed by atoms with van der Waals surface area (Å²) in [6.45, 7) is 4.54. The molecule has 0 aliphatic heterocycles. The molecule has 0 radical (unpaired) electrons. The third-order valence-corrected chi connectivity index (χ3v) is 2.69. The van der Waals surface area contributed by atoms with Crippen molar-refractivity contribution in [2.45, 2.75) is 19.3 Å². The van der Waals surface area contributed by atoms with Crippen LogP contribution in [-0.4, -0.2) is 11.7 Å². The highest BCUT2D eigenvalue weighted by Gasteiger charge is 2.21. The van der Waals surface area contributed by atoms with Crippen LogP contribution in [0.1, 0.15) is 19.4 Å². The Morgan fingerprint density at radius 1 is 1.46 bits per heavy atom. The Labute approximate surface area is 86.9 Å². The molecule has 0 aromatic heterocycles. The minimum absolute atomic E-state index is 0.176. The summed E-state index contributed by atoms with van der Waals surface area (Å²) in [7, 11) is 0. The average molecular weight is 244 g/mol. The van der Waals surface area contributed by atoms with Crippen molar-refractivity contribution in [3.8, 4) is 5.75 Å². The number of phenolic OH excluding ortho intramolecular Hbond substituents is 1. The van der Waals surface area contributed by atoms with Crippen molar-refractivity contribution in [1.82, 2.24) is 0 Å². The molecule has 0 saturated carbocycles. The van der Waals surface area contributed by atoms with E-state index in [1.54, 1.807) is 6.07 Å². The van der Waals surface area contributed by atoms with Crippen LogP contribution in [0.15, 0.2) is 22.7 Å². The molecule has 0 bridgehead atoms. The van der Waals surface area contributed by atoms with Crippen LogP contribution in [0.5, 0.6) is 5.75 Å². The van der Waals surface area contributed by atoms with Crippen LogP contribution in [0.25, 0.3) is 0 Å². The van der Waals surface area contributed by atoms with Crippen molar-refractivity contribution < 1.29 is 5.11 Å². The number of hydrogen-bond acceptors (Lipinski definition) is 2. The molecule has 0 heterocycles. The van der Waals surface area contributed by atoms with Crippen LogP contribution in [0.3, 0.4) is 0 Å². The zero-order valence-corrected chi connectivity index (χ0v) is 9.43. The smallest absolute Gasteiger partial charge is 0.120 e. The summed E-state index contributed by atoms with van der Waals surface area (Å²) in [6, 6.07) is 5.49. The van der Waals surface area contributed by atoms with Crippen molar-refractivity contribution >= 4 is 15.9 Å². The molecule has 3 N–H and O–H groups in total. The van der Waals surface area contributed by atoms with Gasteiger partial charge in [0.25, 0.3) is 0 Å². The number of nitrogens with two attached hydrogens (primary N) is 1. The summed E-state index contributed by atoms with van der Waals surface area (Å²) >= 11 is 3.29. The van der Waals surface area contributed by atoms with Gasteiger partial charge in [-0.2, -0.15) is 0 Å². The van der Waals surface area contributed by atoms with Crippen molar-refractivity contribution in [3.63, 3.8) is 0 Å². The molecule has 0 unspecified atom stereocenters. The minimum atomic E-state index is -0.176. The van der Waals surface area contributed by atoms with E-state index in [1.165, 1.54) is 0 Å². The Morgan fingerprint density at radius 3 is 2.54 bits per heavy atom. The lowest BCUT2D eigenvalue weighted by molar-refractivity contribution is 0.438. The van der Waals surface area contributed by atoms with E-state index in [2.05, 4.69) is 15.9 Å². The standard InChI is InChI=1S/C10H14BrNO/c1-10(2,6-12)8-4-3-7(11)5-9(8)13/h3-5,13H,6,12H2,1-2H3. The Balaban J connectivity index is 3.16. The van der Waals surface area contributed by atoms with Crippen LogP contribution in [0.2, 0.25) is 0 Å². The molecule has 0 aliphatic rings. The van der Waals surface area contributed by atoms with Crippen LogP contribution in [0.4, 0.5) is 0 Å². The predicted molar refractivity (Wildman–Crippen MR) is 57.9 cm³/mol. The summed E-state index contributed by atoms with van der Waals surface area (Å²) in [5, 5.41) is 9.67. The van der Waals surface area contributed by atoms with Gasteiger partial charge in [-0.1, -0.05) is 35.8 Å². The highest BCUT2D eigenvalue weighted by Crippen LogP contribution is 2.31. The maximum atomic E-state index is 9.67. The zero-order valence-electron chi connectivity index (χ0n) is 7.84. The van der Waals surface area contributed by atoms with E-state index in [9.17, 15) is 5.11 Å². The van der Waals surface area contributed by atoms with E-state index in [-0.39, 0.29) is 5.41 Å². The van der Waals surface area contributed by atoms with E-state index >= 15 is 0 Å². The molecular weight excluding hydrogens is 230 g/mol. The van der Waals surface area contributed by atoms with Gasteiger partial charge in [0.1, 0.15) is 5.75 Å². The summed E-state index contributed by atoms with van der Waals surface area (Å²) < 4.78 is 0.876. The van der Waals surface area contributed by atoms with E-state index in [1.807, 2.05) is 26.0 Å². The van der Waals surface area contributed by atoms with Crippen molar-refractivity contribution in [3.05, 3.63) is 28.2 Å². The van der Waals surface area contributed by atoms with Gasteiger partial charge in [-0.15, -0.1) is 0 Å². The third kappa shape index (κ3) is 2.23. The van der Waals surface area contributed by atoms with Crippen LogP contribution < -0.4 is 5.73 Å². The average Bonchev–Trinajstić information content (AvgIpc) is 2.03. The minimum Gasteiger partial charge on any atom is -0.508 e. The first-order valence-electron chi connectivity index (χ1n) is 4.16. The number of rotatable bonds is 2. The normalized spacial score (nSPS) is 11.7. The summed E-state index contributed by atoms with van der Waals surface area (Å²) in [5.74, 6) is 0.296. The van der Waals surface area contributed by atoms with Gasteiger partial charge in [0.15, 0.2) is 0 Å².